The zero-order chi connectivity index (χ0) is 28.0. The Balaban J connectivity index is 1.79. The molecule has 206 valence electrons. The predicted molar refractivity (Wildman–Crippen MR) is 157 cm³/mol. The van der Waals surface area contributed by atoms with E-state index in [0.717, 1.165) is 10.0 Å². The normalized spacial score (nSPS) is 18.5. The van der Waals surface area contributed by atoms with Crippen molar-refractivity contribution in [3.63, 3.8) is 0 Å². The molecular weight excluding hydrogens is 605 g/mol. The van der Waals surface area contributed by atoms with Crippen LogP contribution in [0.3, 0.4) is 0 Å². The maximum Gasteiger partial charge on any atom is 0.266 e. The van der Waals surface area contributed by atoms with Crippen molar-refractivity contribution in [2.24, 2.45) is 4.99 Å². The summed E-state index contributed by atoms with van der Waals surface area (Å²) in [5.74, 6) is 0.613. The van der Waals surface area contributed by atoms with Crippen LogP contribution in [0.15, 0.2) is 76.2 Å². The van der Waals surface area contributed by atoms with Crippen LogP contribution in [0.25, 0.3) is 0 Å². The molecule has 1 aliphatic heterocycles. The smallest absolute Gasteiger partial charge is 0.266 e. The number of carbonyl (C=O) groups is 1. The molecular formula is C29H30BrCl2N3O4. The highest BCUT2D eigenvalue weighted by Crippen LogP contribution is 2.45. The summed E-state index contributed by atoms with van der Waals surface area (Å²) in [5.41, 5.74) is 6.63. The zero-order valence-electron chi connectivity index (χ0n) is 21.6. The Morgan fingerprint density at radius 2 is 1.85 bits per heavy atom. The summed E-state index contributed by atoms with van der Waals surface area (Å²) in [6.07, 6.45) is -0.0454. The molecule has 4 rings (SSSR count). The Kier molecular flexibility index (Phi) is 9.91. The first-order valence-electron chi connectivity index (χ1n) is 12.6. The first-order chi connectivity index (χ1) is 18.7. The van der Waals surface area contributed by atoms with Gasteiger partial charge in [0.15, 0.2) is 11.6 Å². The summed E-state index contributed by atoms with van der Waals surface area (Å²) >= 11 is 16.3. The number of hydrazine groups is 1. The number of hydrogen-bond donors (Lipinski definition) is 3. The minimum atomic E-state index is -1.39. The molecule has 1 heterocycles. The molecule has 3 N–H and O–H groups in total. The van der Waals surface area contributed by atoms with Gasteiger partial charge in [0.25, 0.3) is 5.91 Å². The molecule has 0 spiro atoms. The second kappa shape index (κ2) is 13.2. The lowest BCUT2D eigenvalue weighted by Crippen LogP contribution is -2.55. The first kappa shape index (κ1) is 29.4. The number of nitrogens with zero attached hydrogens (tertiary/aromatic N) is 1. The van der Waals surface area contributed by atoms with E-state index in [1.807, 2.05) is 50.2 Å². The van der Waals surface area contributed by atoms with Crippen molar-refractivity contribution in [3.05, 3.63) is 97.9 Å². The molecule has 7 nitrogen and oxygen atoms in total. The molecule has 39 heavy (non-hydrogen) atoms. The number of aliphatic hydroxyl groups excluding tert-OH is 1. The van der Waals surface area contributed by atoms with Gasteiger partial charge in [0.2, 0.25) is 5.90 Å². The maximum absolute atomic E-state index is 14.0. The van der Waals surface area contributed by atoms with Crippen molar-refractivity contribution in [2.45, 2.75) is 44.4 Å². The van der Waals surface area contributed by atoms with E-state index in [0.29, 0.717) is 45.8 Å². The third-order valence-corrected chi connectivity index (χ3v) is 7.23. The first-order valence-corrected chi connectivity index (χ1v) is 14.1. The number of hydrogen-bond acceptors (Lipinski definition) is 6. The molecule has 3 aromatic rings. The third kappa shape index (κ3) is 7.13. The molecule has 0 unspecified atom stereocenters. The minimum Gasteiger partial charge on any atom is -0.494 e. The van der Waals surface area contributed by atoms with Gasteiger partial charge < -0.3 is 14.6 Å². The molecule has 2 atom stereocenters. The molecule has 1 amide bonds. The highest BCUT2D eigenvalue weighted by atomic mass is 79.9. The van der Waals surface area contributed by atoms with Crippen molar-refractivity contribution in [3.8, 4) is 5.75 Å². The molecule has 1 aliphatic rings. The van der Waals surface area contributed by atoms with Crippen molar-refractivity contribution < 1.29 is 19.4 Å². The van der Waals surface area contributed by atoms with Gasteiger partial charge in [-0.15, -0.1) is 0 Å². The van der Waals surface area contributed by atoms with Crippen LogP contribution in [0.1, 0.15) is 43.1 Å². The van der Waals surface area contributed by atoms with Gasteiger partial charge in [0, 0.05) is 51.1 Å². The van der Waals surface area contributed by atoms with Crippen LogP contribution < -0.4 is 15.6 Å². The fourth-order valence-electron chi connectivity index (χ4n) is 4.20. The SMILES string of the molecule is CC(C)NNC(=O)[C@@]1(Cc2ccc(Br)cc2)N=C(c2ccc(OCCCO)cc2)O[C@H]1c1ccc(Cl)cc1Cl. The van der Waals surface area contributed by atoms with Crippen LogP contribution in [0, 0.1) is 0 Å². The van der Waals surface area contributed by atoms with Gasteiger partial charge in [0.05, 0.1) is 6.61 Å². The van der Waals surface area contributed by atoms with E-state index in [-0.39, 0.29) is 25.0 Å². The van der Waals surface area contributed by atoms with Gasteiger partial charge in [-0.05, 0) is 67.9 Å². The largest absolute Gasteiger partial charge is 0.494 e. The molecule has 10 heteroatoms. The van der Waals surface area contributed by atoms with Crippen molar-refractivity contribution >= 4 is 50.9 Å². The van der Waals surface area contributed by atoms with Crippen LogP contribution in [0.2, 0.25) is 10.0 Å². The van der Waals surface area contributed by atoms with Gasteiger partial charge in [-0.2, -0.15) is 0 Å². The fraction of sp³-hybridized carbons (Fsp3) is 0.310. The van der Waals surface area contributed by atoms with Crippen LogP contribution in [-0.2, 0) is 16.0 Å². The van der Waals surface area contributed by atoms with E-state index in [1.165, 1.54) is 0 Å². The number of benzene rings is 3. The summed E-state index contributed by atoms with van der Waals surface area (Å²) in [6.45, 7) is 4.33. The Hall–Kier alpha value is -2.62. The molecule has 0 radical (unpaired) electrons. The molecule has 0 fully saturated rings. The van der Waals surface area contributed by atoms with E-state index in [2.05, 4.69) is 26.8 Å². The number of aliphatic hydroxyl groups is 1. The topological polar surface area (TPSA) is 92.2 Å². The predicted octanol–water partition coefficient (Wildman–Crippen LogP) is 6.05. The fourth-order valence-corrected chi connectivity index (χ4v) is 4.98. The molecule has 0 saturated carbocycles. The minimum absolute atomic E-state index is 0.000370. The number of aliphatic imine (C=N–C) groups is 1. The molecule has 0 bridgehead atoms. The van der Waals surface area contributed by atoms with E-state index < -0.39 is 11.6 Å². The molecule has 0 aromatic heterocycles. The van der Waals surface area contributed by atoms with Gasteiger partial charge in [0.1, 0.15) is 5.75 Å². The summed E-state index contributed by atoms with van der Waals surface area (Å²) in [6, 6.07) is 20.1. The monoisotopic (exact) mass is 633 g/mol. The second-order valence-electron chi connectivity index (χ2n) is 9.51. The average Bonchev–Trinajstić information content (AvgIpc) is 3.29. The second-order valence-corrected chi connectivity index (χ2v) is 11.3. The van der Waals surface area contributed by atoms with Crippen molar-refractivity contribution in [1.82, 2.24) is 10.9 Å². The number of nitrogens with one attached hydrogen (secondary N) is 2. The Morgan fingerprint density at radius 3 is 2.49 bits per heavy atom. The van der Waals surface area contributed by atoms with Crippen molar-refractivity contribution in [2.75, 3.05) is 13.2 Å². The lowest BCUT2D eigenvalue weighted by Gasteiger charge is -2.31. The molecule has 0 saturated heterocycles. The van der Waals surface area contributed by atoms with Crippen LogP contribution in [0.5, 0.6) is 5.75 Å². The van der Waals surface area contributed by atoms with Gasteiger partial charge in [-0.25, -0.2) is 10.4 Å². The van der Waals surface area contributed by atoms with Gasteiger partial charge in [-0.3, -0.25) is 10.2 Å². The lowest BCUT2D eigenvalue weighted by atomic mass is 9.82. The Bertz CT molecular complexity index is 1320. The van der Waals surface area contributed by atoms with Crippen LogP contribution in [-0.4, -0.2) is 41.7 Å². The van der Waals surface area contributed by atoms with Crippen LogP contribution in [0.4, 0.5) is 0 Å². The highest BCUT2D eigenvalue weighted by molar-refractivity contribution is 9.10. The van der Waals surface area contributed by atoms with E-state index in [1.54, 1.807) is 30.3 Å². The Morgan fingerprint density at radius 1 is 1.13 bits per heavy atom. The lowest BCUT2D eigenvalue weighted by molar-refractivity contribution is -0.130. The summed E-state index contributed by atoms with van der Waals surface area (Å²) < 4.78 is 13.1. The van der Waals surface area contributed by atoms with E-state index in [4.69, 9.17) is 42.8 Å². The summed E-state index contributed by atoms with van der Waals surface area (Å²) in [7, 11) is 0. The third-order valence-electron chi connectivity index (χ3n) is 6.14. The highest BCUT2D eigenvalue weighted by Gasteiger charge is 2.54. The number of ether oxygens (including phenoxy) is 2. The quantitative estimate of drug-likeness (QED) is 0.177. The summed E-state index contributed by atoms with van der Waals surface area (Å²) in [5, 5.41) is 9.85. The van der Waals surface area contributed by atoms with Gasteiger partial charge in [-0.1, -0.05) is 57.3 Å². The van der Waals surface area contributed by atoms with E-state index in [9.17, 15) is 4.79 Å². The van der Waals surface area contributed by atoms with E-state index >= 15 is 0 Å². The molecule has 3 aromatic carbocycles. The standard InChI is InChI=1S/C29H30BrCl2N3O4/c1-18(2)34-35-28(37)29(17-19-4-8-21(30)9-5-19)26(24-13-10-22(31)16-25(24)32)39-27(33-29)20-6-11-23(12-7-20)38-15-3-14-36/h4-13,16,18,26,34,36H,3,14-15,17H2,1-2H3,(H,35,37)/t26-,29-/m0/s1. The number of amides is 1. The van der Waals surface area contributed by atoms with Gasteiger partial charge >= 0.3 is 0 Å². The zero-order valence-corrected chi connectivity index (χ0v) is 24.7. The number of rotatable bonds is 11. The maximum atomic E-state index is 14.0. The van der Waals surface area contributed by atoms with Crippen molar-refractivity contribution in [1.29, 1.82) is 0 Å². The number of carbonyl (C=O) groups excluding carboxylic acids is 1. The Labute approximate surface area is 246 Å². The summed E-state index contributed by atoms with van der Waals surface area (Å²) in [4.78, 5) is 19.0. The number of halogens is 3. The average molecular weight is 635 g/mol. The van der Waals surface area contributed by atoms with Crippen LogP contribution >= 0.6 is 39.1 Å². The molecule has 0 aliphatic carbocycles.